The van der Waals surface area contributed by atoms with Gasteiger partial charge in [-0.25, -0.2) is 0 Å². The summed E-state index contributed by atoms with van der Waals surface area (Å²) >= 11 is 0. The van der Waals surface area contributed by atoms with Gasteiger partial charge >= 0.3 is 0 Å². The van der Waals surface area contributed by atoms with Gasteiger partial charge in [-0.05, 0) is 67.1 Å². The Hall–Kier alpha value is -2.49. The molecule has 0 spiro atoms. The monoisotopic (exact) mass is 355 g/mol. The summed E-state index contributed by atoms with van der Waals surface area (Å²) in [5.74, 6) is 1.87. The minimum absolute atomic E-state index is 0.00758. The van der Waals surface area contributed by atoms with E-state index in [0.717, 1.165) is 34.6 Å². The van der Waals surface area contributed by atoms with Crippen molar-refractivity contribution in [3.05, 3.63) is 59.2 Å². The molecule has 0 aliphatic rings. The predicted octanol–water partition coefficient (Wildman–Crippen LogP) is 4.59. The van der Waals surface area contributed by atoms with Crippen molar-refractivity contribution in [3.8, 4) is 11.5 Å². The molecule has 0 aromatic heterocycles. The van der Waals surface area contributed by atoms with Gasteiger partial charge in [0.25, 0.3) is 5.91 Å². The van der Waals surface area contributed by atoms with E-state index in [1.54, 1.807) is 7.11 Å². The van der Waals surface area contributed by atoms with Crippen LogP contribution in [0, 0.1) is 19.8 Å². The van der Waals surface area contributed by atoms with Crippen LogP contribution >= 0.6 is 0 Å². The van der Waals surface area contributed by atoms with Gasteiger partial charge in [-0.1, -0.05) is 32.0 Å². The van der Waals surface area contributed by atoms with Crippen molar-refractivity contribution in [1.29, 1.82) is 0 Å². The van der Waals surface area contributed by atoms with E-state index in [1.807, 2.05) is 50.2 Å². The summed E-state index contributed by atoms with van der Waals surface area (Å²) in [6.45, 7) is 8.33. The van der Waals surface area contributed by atoms with Gasteiger partial charge in [-0.2, -0.15) is 0 Å². The first-order chi connectivity index (χ1) is 12.4. The van der Waals surface area contributed by atoms with Gasteiger partial charge in [0.05, 0.1) is 13.2 Å². The van der Waals surface area contributed by atoms with Crippen molar-refractivity contribution < 1.29 is 14.3 Å². The SMILES string of the molecule is COc1ccc(C(CC(C)C)NC(=O)COc2cc(C)cc(C)c2)cc1. The molecule has 1 N–H and O–H groups in total. The second kappa shape index (κ2) is 9.27. The van der Waals surface area contributed by atoms with E-state index in [1.165, 1.54) is 0 Å². The van der Waals surface area contributed by atoms with E-state index in [-0.39, 0.29) is 18.6 Å². The van der Waals surface area contributed by atoms with Crippen LogP contribution in [-0.2, 0) is 4.79 Å². The number of rotatable bonds is 8. The number of methoxy groups -OCH3 is 1. The number of hydrogen-bond donors (Lipinski definition) is 1. The van der Waals surface area contributed by atoms with Crippen molar-refractivity contribution in [2.24, 2.45) is 5.92 Å². The maximum Gasteiger partial charge on any atom is 0.258 e. The highest BCUT2D eigenvalue weighted by molar-refractivity contribution is 5.78. The molecular formula is C22H29NO3. The fourth-order valence-electron chi connectivity index (χ4n) is 2.99. The van der Waals surface area contributed by atoms with Gasteiger partial charge in [-0.3, -0.25) is 4.79 Å². The number of carbonyl (C=O) groups excluding carboxylic acids is 1. The van der Waals surface area contributed by atoms with E-state index in [0.29, 0.717) is 5.92 Å². The van der Waals surface area contributed by atoms with E-state index in [4.69, 9.17) is 9.47 Å². The van der Waals surface area contributed by atoms with Crippen LogP contribution in [0.5, 0.6) is 11.5 Å². The van der Waals surface area contributed by atoms with Crippen molar-refractivity contribution >= 4 is 5.91 Å². The Morgan fingerprint density at radius 3 is 2.15 bits per heavy atom. The molecule has 4 nitrogen and oxygen atoms in total. The van der Waals surface area contributed by atoms with Crippen LogP contribution in [0.2, 0.25) is 0 Å². The lowest BCUT2D eigenvalue weighted by Crippen LogP contribution is -2.33. The van der Waals surface area contributed by atoms with Gasteiger partial charge in [-0.15, -0.1) is 0 Å². The highest BCUT2D eigenvalue weighted by Gasteiger charge is 2.17. The van der Waals surface area contributed by atoms with Gasteiger partial charge in [0.15, 0.2) is 6.61 Å². The summed E-state index contributed by atoms with van der Waals surface area (Å²) in [7, 11) is 1.65. The quantitative estimate of drug-likeness (QED) is 0.753. The molecule has 1 atom stereocenters. The summed E-state index contributed by atoms with van der Waals surface area (Å²) in [5.41, 5.74) is 3.31. The van der Waals surface area contributed by atoms with Crippen molar-refractivity contribution in [2.45, 2.75) is 40.2 Å². The minimum Gasteiger partial charge on any atom is -0.497 e. The van der Waals surface area contributed by atoms with Crippen LogP contribution in [0.25, 0.3) is 0 Å². The first-order valence-electron chi connectivity index (χ1n) is 9.01. The normalized spacial score (nSPS) is 11.9. The maximum atomic E-state index is 12.4. The number of ether oxygens (including phenoxy) is 2. The van der Waals surface area contributed by atoms with Gasteiger partial charge < -0.3 is 14.8 Å². The Kier molecular flexibility index (Phi) is 7.07. The van der Waals surface area contributed by atoms with Crippen LogP contribution in [0.4, 0.5) is 0 Å². The van der Waals surface area contributed by atoms with Crippen molar-refractivity contribution in [3.63, 3.8) is 0 Å². The Balaban J connectivity index is 2.00. The zero-order valence-corrected chi connectivity index (χ0v) is 16.3. The third-order valence-corrected chi connectivity index (χ3v) is 4.13. The molecule has 0 aliphatic heterocycles. The second-order valence-electron chi connectivity index (χ2n) is 7.13. The Labute approximate surface area is 156 Å². The summed E-state index contributed by atoms with van der Waals surface area (Å²) in [5, 5.41) is 3.10. The molecule has 0 saturated carbocycles. The minimum atomic E-state index is -0.120. The van der Waals surface area contributed by atoms with Gasteiger partial charge in [0.2, 0.25) is 0 Å². The molecule has 0 radical (unpaired) electrons. The number of benzene rings is 2. The number of carbonyl (C=O) groups is 1. The zero-order chi connectivity index (χ0) is 19.1. The number of nitrogens with one attached hydrogen (secondary N) is 1. The van der Waals surface area contributed by atoms with Crippen LogP contribution in [-0.4, -0.2) is 19.6 Å². The van der Waals surface area contributed by atoms with Crippen molar-refractivity contribution in [2.75, 3.05) is 13.7 Å². The molecule has 0 heterocycles. The van der Waals surface area contributed by atoms with Crippen molar-refractivity contribution in [1.82, 2.24) is 5.32 Å². The van der Waals surface area contributed by atoms with Gasteiger partial charge in [0.1, 0.15) is 11.5 Å². The number of amides is 1. The molecule has 1 amide bonds. The Bertz CT molecular complexity index is 702. The molecule has 0 saturated heterocycles. The molecule has 2 aromatic rings. The third kappa shape index (κ3) is 6.10. The van der Waals surface area contributed by atoms with E-state index < -0.39 is 0 Å². The molecule has 1 unspecified atom stereocenters. The topological polar surface area (TPSA) is 47.6 Å². The summed E-state index contributed by atoms with van der Waals surface area (Å²) < 4.78 is 10.9. The summed E-state index contributed by atoms with van der Waals surface area (Å²) in [4.78, 5) is 12.4. The first kappa shape index (κ1) is 19.8. The molecule has 2 aromatic carbocycles. The zero-order valence-electron chi connectivity index (χ0n) is 16.3. The Morgan fingerprint density at radius 2 is 1.62 bits per heavy atom. The predicted molar refractivity (Wildman–Crippen MR) is 105 cm³/mol. The average molecular weight is 355 g/mol. The lowest BCUT2D eigenvalue weighted by Gasteiger charge is -2.21. The molecule has 0 bridgehead atoms. The summed E-state index contributed by atoms with van der Waals surface area (Å²) in [6, 6.07) is 13.7. The van der Waals surface area contributed by atoms with Crippen LogP contribution in [0.3, 0.4) is 0 Å². The lowest BCUT2D eigenvalue weighted by molar-refractivity contribution is -0.124. The molecule has 0 aliphatic carbocycles. The second-order valence-corrected chi connectivity index (χ2v) is 7.13. The van der Waals surface area contributed by atoms with Gasteiger partial charge in [0, 0.05) is 0 Å². The highest BCUT2D eigenvalue weighted by atomic mass is 16.5. The molecule has 26 heavy (non-hydrogen) atoms. The standard InChI is InChI=1S/C22H29NO3/c1-15(2)10-21(18-6-8-19(25-5)9-7-18)23-22(24)14-26-20-12-16(3)11-17(4)13-20/h6-9,11-13,15,21H,10,14H2,1-5H3,(H,23,24). The third-order valence-electron chi connectivity index (χ3n) is 4.13. The molecule has 2 rings (SSSR count). The Morgan fingerprint density at radius 1 is 1.00 bits per heavy atom. The molecule has 0 fully saturated rings. The van der Waals surface area contributed by atoms with Crippen LogP contribution < -0.4 is 14.8 Å². The fourth-order valence-corrected chi connectivity index (χ4v) is 2.99. The summed E-state index contributed by atoms with van der Waals surface area (Å²) in [6.07, 6.45) is 0.863. The maximum absolute atomic E-state index is 12.4. The lowest BCUT2D eigenvalue weighted by atomic mass is 9.97. The molecular weight excluding hydrogens is 326 g/mol. The smallest absolute Gasteiger partial charge is 0.258 e. The first-order valence-corrected chi connectivity index (χ1v) is 9.01. The fraction of sp³-hybridized carbons (Fsp3) is 0.409. The van der Waals surface area contributed by atoms with Crippen LogP contribution in [0.1, 0.15) is 43.0 Å². The number of hydrogen-bond acceptors (Lipinski definition) is 3. The largest absolute Gasteiger partial charge is 0.497 e. The van der Waals surface area contributed by atoms with E-state index in [9.17, 15) is 4.79 Å². The highest BCUT2D eigenvalue weighted by Crippen LogP contribution is 2.23. The van der Waals surface area contributed by atoms with E-state index in [2.05, 4.69) is 25.2 Å². The number of aryl methyl sites for hydroxylation is 2. The molecule has 4 heteroatoms. The van der Waals surface area contributed by atoms with E-state index >= 15 is 0 Å². The average Bonchev–Trinajstić information content (AvgIpc) is 2.58. The van der Waals surface area contributed by atoms with Crippen LogP contribution in [0.15, 0.2) is 42.5 Å². The molecule has 140 valence electrons.